The fourth-order valence-electron chi connectivity index (χ4n) is 2.90. The summed E-state index contributed by atoms with van der Waals surface area (Å²) in [6.07, 6.45) is 1.08. The number of rotatable bonds is 2. The molecule has 106 valence electrons. The summed E-state index contributed by atoms with van der Waals surface area (Å²) in [6, 6.07) is 4.24. The maximum atomic E-state index is 13.1. The highest BCUT2D eigenvalue weighted by atomic mass is 19.1. The molecule has 3 rings (SSSR count). The molecule has 1 fully saturated rings. The number of carbonyl (C=O) groups is 1. The van der Waals surface area contributed by atoms with Crippen molar-refractivity contribution in [3.8, 4) is 0 Å². The molecule has 2 heterocycles. The Morgan fingerprint density at radius 2 is 2.30 bits per heavy atom. The van der Waals surface area contributed by atoms with Crippen LogP contribution in [0.2, 0.25) is 0 Å². The molecule has 0 aliphatic carbocycles. The van der Waals surface area contributed by atoms with Crippen LogP contribution in [0.1, 0.15) is 12.0 Å². The van der Waals surface area contributed by atoms with Gasteiger partial charge in [-0.25, -0.2) is 9.18 Å². The molecule has 2 unspecified atom stereocenters. The van der Waals surface area contributed by atoms with Gasteiger partial charge in [-0.05, 0) is 36.6 Å². The molecule has 1 amide bonds. The number of β-amino-alcohol motifs (C(OH)–C–C–N with tert-alkyl or cyclic N) is 1. The first-order valence-corrected chi connectivity index (χ1v) is 6.47. The lowest BCUT2D eigenvalue weighted by Gasteiger charge is -2.20. The number of hydrogen-bond acceptors (Lipinski definition) is 2. The lowest BCUT2D eigenvalue weighted by molar-refractivity contribution is 0.131. The van der Waals surface area contributed by atoms with Crippen LogP contribution in [0, 0.1) is 5.82 Å². The highest BCUT2D eigenvalue weighted by Crippen LogP contribution is 2.26. The summed E-state index contributed by atoms with van der Waals surface area (Å²) in [5.41, 5.74) is 1.63. The van der Waals surface area contributed by atoms with Crippen LogP contribution in [0.25, 0.3) is 10.9 Å². The summed E-state index contributed by atoms with van der Waals surface area (Å²) in [5, 5.41) is 19.7. The second kappa shape index (κ2) is 4.79. The third-order valence-electron chi connectivity index (χ3n) is 3.82. The van der Waals surface area contributed by atoms with Crippen molar-refractivity contribution in [2.45, 2.75) is 25.0 Å². The number of fused-ring (bicyclic) bond motifs is 1. The van der Waals surface area contributed by atoms with E-state index in [2.05, 4.69) is 4.98 Å². The van der Waals surface area contributed by atoms with Crippen LogP contribution in [0.3, 0.4) is 0 Å². The molecule has 2 atom stereocenters. The summed E-state index contributed by atoms with van der Waals surface area (Å²) in [5.74, 6) is -0.311. The van der Waals surface area contributed by atoms with E-state index in [1.54, 1.807) is 12.3 Å². The van der Waals surface area contributed by atoms with Crippen molar-refractivity contribution in [2.24, 2.45) is 0 Å². The van der Waals surface area contributed by atoms with E-state index in [9.17, 15) is 14.3 Å². The molecule has 1 aromatic carbocycles. The fraction of sp³-hybridized carbons (Fsp3) is 0.357. The van der Waals surface area contributed by atoms with E-state index in [4.69, 9.17) is 5.11 Å². The number of nitrogens with zero attached hydrogens (tertiary/aromatic N) is 1. The number of likely N-dealkylation sites (tertiary alicyclic amines) is 1. The minimum Gasteiger partial charge on any atom is -0.465 e. The predicted octanol–water partition coefficient (Wildman–Crippen LogP) is 1.96. The number of nitrogens with one attached hydrogen (secondary N) is 1. The number of benzene rings is 1. The van der Waals surface area contributed by atoms with Gasteiger partial charge in [0.15, 0.2) is 0 Å². The van der Waals surface area contributed by atoms with Gasteiger partial charge in [0.2, 0.25) is 0 Å². The van der Waals surface area contributed by atoms with Crippen molar-refractivity contribution in [1.82, 2.24) is 9.88 Å². The van der Waals surface area contributed by atoms with Gasteiger partial charge in [0.25, 0.3) is 0 Å². The first-order chi connectivity index (χ1) is 9.54. The van der Waals surface area contributed by atoms with Crippen molar-refractivity contribution in [3.05, 3.63) is 35.8 Å². The van der Waals surface area contributed by atoms with Crippen LogP contribution in [-0.2, 0) is 6.42 Å². The molecule has 1 saturated heterocycles. The Hall–Kier alpha value is -2.08. The number of H-pyrrole nitrogens is 1. The van der Waals surface area contributed by atoms with Crippen LogP contribution in [-0.4, -0.2) is 44.9 Å². The molecule has 1 aliphatic heterocycles. The highest BCUT2D eigenvalue weighted by molar-refractivity contribution is 5.83. The van der Waals surface area contributed by atoms with Crippen molar-refractivity contribution < 1.29 is 19.4 Å². The molecular weight excluding hydrogens is 263 g/mol. The molecule has 5 nitrogen and oxygen atoms in total. The summed E-state index contributed by atoms with van der Waals surface area (Å²) < 4.78 is 13.1. The number of carboxylic acid groups (broad SMARTS) is 1. The van der Waals surface area contributed by atoms with Gasteiger partial charge >= 0.3 is 6.09 Å². The quantitative estimate of drug-likeness (QED) is 0.786. The standard InChI is InChI=1S/C14H15FN2O3/c15-9-1-2-12-8(6-16-13(12)4-9)3-10-5-11(18)7-17(10)14(19)20/h1-2,4,6,10-11,16,18H,3,5,7H2,(H,19,20). The van der Waals surface area contributed by atoms with E-state index in [0.29, 0.717) is 18.4 Å². The molecule has 1 aliphatic rings. The van der Waals surface area contributed by atoms with Gasteiger partial charge in [-0.1, -0.05) is 0 Å². The normalized spacial score (nSPS) is 22.6. The summed E-state index contributed by atoms with van der Waals surface area (Å²) in [6.45, 7) is 0.150. The number of amides is 1. The Morgan fingerprint density at radius 1 is 1.50 bits per heavy atom. The smallest absolute Gasteiger partial charge is 0.407 e. The molecule has 0 radical (unpaired) electrons. The molecule has 0 spiro atoms. The van der Waals surface area contributed by atoms with Crippen LogP contribution in [0.5, 0.6) is 0 Å². The van der Waals surface area contributed by atoms with Gasteiger partial charge in [0.05, 0.1) is 12.6 Å². The van der Waals surface area contributed by atoms with E-state index >= 15 is 0 Å². The van der Waals surface area contributed by atoms with E-state index in [-0.39, 0.29) is 18.4 Å². The highest BCUT2D eigenvalue weighted by Gasteiger charge is 2.34. The summed E-state index contributed by atoms with van der Waals surface area (Å²) in [4.78, 5) is 15.4. The summed E-state index contributed by atoms with van der Waals surface area (Å²) in [7, 11) is 0. The first kappa shape index (κ1) is 12.9. The molecule has 20 heavy (non-hydrogen) atoms. The Labute approximate surface area is 114 Å². The average molecular weight is 278 g/mol. The van der Waals surface area contributed by atoms with E-state index in [1.165, 1.54) is 17.0 Å². The second-order valence-corrected chi connectivity index (χ2v) is 5.19. The van der Waals surface area contributed by atoms with Crippen LogP contribution < -0.4 is 0 Å². The fourth-order valence-corrected chi connectivity index (χ4v) is 2.90. The maximum Gasteiger partial charge on any atom is 0.407 e. The van der Waals surface area contributed by atoms with E-state index < -0.39 is 12.2 Å². The predicted molar refractivity (Wildman–Crippen MR) is 71.1 cm³/mol. The van der Waals surface area contributed by atoms with Crippen molar-refractivity contribution in [1.29, 1.82) is 0 Å². The van der Waals surface area contributed by atoms with Gasteiger partial charge < -0.3 is 20.1 Å². The monoisotopic (exact) mass is 278 g/mol. The lowest BCUT2D eigenvalue weighted by Crippen LogP contribution is -2.35. The SMILES string of the molecule is O=C(O)N1CC(O)CC1Cc1c[nH]c2cc(F)ccc12. The molecule has 0 saturated carbocycles. The number of aromatic amines is 1. The van der Waals surface area contributed by atoms with Gasteiger partial charge in [0, 0.05) is 23.1 Å². The Morgan fingerprint density at radius 3 is 3.05 bits per heavy atom. The topological polar surface area (TPSA) is 76.6 Å². The largest absolute Gasteiger partial charge is 0.465 e. The van der Waals surface area contributed by atoms with Gasteiger partial charge in [0.1, 0.15) is 5.82 Å². The van der Waals surface area contributed by atoms with Gasteiger partial charge in [-0.3, -0.25) is 0 Å². The number of aliphatic hydroxyl groups is 1. The van der Waals surface area contributed by atoms with Crippen molar-refractivity contribution in [2.75, 3.05) is 6.54 Å². The van der Waals surface area contributed by atoms with Crippen molar-refractivity contribution in [3.63, 3.8) is 0 Å². The molecule has 1 aromatic heterocycles. The van der Waals surface area contributed by atoms with Gasteiger partial charge in [-0.15, -0.1) is 0 Å². The third kappa shape index (κ3) is 2.22. The van der Waals surface area contributed by atoms with Crippen LogP contribution in [0.15, 0.2) is 24.4 Å². The Balaban J connectivity index is 1.87. The molecule has 6 heteroatoms. The number of halogens is 1. The molecule has 0 bridgehead atoms. The van der Waals surface area contributed by atoms with Gasteiger partial charge in [-0.2, -0.15) is 0 Å². The minimum atomic E-state index is -1.02. The molecule has 3 N–H and O–H groups in total. The first-order valence-electron chi connectivity index (χ1n) is 6.47. The van der Waals surface area contributed by atoms with Crippen LogP contribution >= 0.6 is 0 Å². The zero-order valence-corrected chi connectivity index (χ0v) is 10.7. The maximum absolute atomic E-state index is 13.1. The van der Waals surface area contributed by atoms with E-state index in [0.717, 1.165) is 10.9 Å². The zero-order chi connectivity index (χ0) is 14.3. The van der Waals surface area contributed by atoms with Crippen molar-refractivity contribution >= 4 is 17.0 Å². The molecular formula is C14H15FN2O3. The number of aliphatic hydroxyl groups excluding tert-OH is 1. The second-order valence-electron chi connectivity index (χ2n) is 5.19. The number of hydrogen-bond donors (Lipinski definition) is 3. The summed E-state index contributed by atoms with van der Waals surface area (Å²) >= 11 is 0. The Kier molecular flexibility index (Phi) is 3.10. The third-order valence-corrected chi connectivity index (χ3v) is 3.82. The lowest BCUT2D eigenvalue weighted by atomic mass is 10.0. The average Bonchev–Trinajstić information content (AvgIpc) is 2.94. The van der Waals surface area contributed by atoms with Crippen LogP contribution in [0.4, 0.5) is 9.18 Å². The zero-order valence-electron chi connectivity index (χ0n) is 10.7. The molecule has 2 aromatic rings. The van der Waals surface area contributed by atoms with E-state index in [1.807, 2.05) is 0 Å². The number of aromatic nitrogens is 1. The minimum absolute atomic E-state index is 0.150. The Bertz CT molecular complexity index is 655.